The Bertz CT molecular complexity index is 855. The first-order valence-electron chi connectivity index (χ1n) is 8.80. The molecule has 0 aliphatic carbocycles. The number of nitrogens with one attached hydrogen (secondary N) is 1. The molecule has 0 saturated carbocycles. The van der Waals surface area contributed by atoms with Crippen molar-refractivity contribution in [2.24, 2.45) is 0 Å². The lowest BCUT2D eigenvalue weighted by Crippen LogP contribution is -2.10. The molecule has 2 aromatic rings. The summed E-state index contributed by atoms with van der Waals surface area (Å²) in [6, 6.07) is 7.75. The fourth-order valence-corrected chi connectivity index (χ4v) is 2.71. The van der Waals surface area contributed by atoms with Crippen LogP contribution in [0.1, 0.15) is 36.3 Å². The molecule has 3 heterocycles. The molecule has 28 heavy (non-hydrogen) atoms. The summed E-state index contributed by atoms with van der Waals surface area (Å²) in [5, 5.41) is 2.71. The molecule has 1 aromatic heterocycles. The Balaban J connectivity index is 0.000000391. The zero-order valence-electron chi connectivity index (χ0n) is 15.4. The lowest BCUT2D eigenvalue weighted by molar-refractivity contribution is -0.137. The molecule has 1 aromatic carbocycles. The van der Waals surface area contributed by atoms with Crippen LogP contribution >= 0.6 is 0 Å². The topological polar surface area (TPSA) is 64.0 Å². The minimum absolute atomic E-state index is 0.0694. The zero-order valence-corrected chi connectivity index (χ0v) is 15.4. The second-order valence-corrected chi connectivity index (χ2v) is 6.27. The Morgan fingerprint density at radius 1 is 1.21 bits per heavy atom. The molecule has 5 nitrogen and oxygen atoms in total. The Labute approximate surface area is 160 Å². The molecule has 2 unspecified atom stereocenters. The summed E-state index contributed by atoms with van der Waals surface area (Å²) < 4.78 is 54.1. The van der Waals surface area contributed by atoms with E-state index < -0.39 is 23.6 Å². The molecule has 2 atom stereocenters. The number of Topliss-reactive ketones (excluding diaryl/α,β-unsaturated/α-hetero) is 1. The van der Waals surface area contributed by atoms with Gasteiger partial charge in [-0.05, 0) is 36.2 Å². The highest BCUT2D eigenvalue weighted by Gasteiger charge is 2.39. The maximum Gasteiger partial charge on any atom is 0.416 e. The van der Waals surface area contributed by atoms with E-state index >= 15 is 0 Å². The summed E-state index contributed by atoms with van der Waals surface area (Å²) in [5.74, 6) is -0.0379. The van der Waals surface area contributed by atoms with Crippen molar-refractivity contribution in [3.63, 3.8) is 0 Å². The standard InChI is InChI=1S/C16H12F3NO3.C4H8O/c1-20-15-12(9-4-2-5-10(8-9)16(17,18)19)13(21)14(23-15)11-6-3-7-22-11;1-2-4-3-5-4/h2-8,14,20H,1H3;4H,2-3H2,1H3. The monoisotopic (exact) mass is 395 g/mol. The molecule has 0 radical (unpaired) electrons. The van der Waals surface area contributed by atoms with Gasteiger partial charge < -0.3 is 19.2 Å². The largest absolute Gasteiger partial charge is 0.465 e. The number of alkyl halides is 3. The third-order valence-corrected chi connectivity index (χ3v) is 4.31. The van der Waals surface area contributed by atoms with Gasteiger partial charge in [-0.3, -0.25) is 4.79 Å². The minimum atomic E-state index is -4.49. The molecular formula is C20H20F3NO4. The van der Waals surface area contributed by atoms with Crippen LogP contribution in [0.4, 0.5) is 13.2 Å². The summed E-state index contributed by atoms with van der Waals surface area (Å²) >= 11 is 0. The van der Waals surface area contributed by atoms with E-state index in [1.807, 2.05) is 0 Å². The van der Waals surface area contributed by atoms with Crippen molar-refractivity contribution in [1.29, 1.82) is 0 Å². The van der Waals surface area contributed by atoms with Crippen LogP contribution in [0, 0.1) is 0 Å². The van der Waals surface area contributed by atoms with Crippen LogP contribution in [-0.4, -0.2) is 25.5 Å². The van der Waals surface area contributed by atoms with Gasteiger partial charge in [-0.2, -0.15) is 13.2 Å². The van der Waals surface area contributed by atoms with Crippen LogP contribution in [0.15, 0.2) is 53.0 Å². The van der Waals surface area contributed by atoms with Gasteiger partial charge in [0.2, 0.25) is 11.9 Å². The number of ketones is 1. The number of halogens is 3. The van der Waals surface area contributed by atoms with Crippen LogP contribution in [0.25, 0.3) is 5.57 Å². The number of carbonyl (C=O) groups excluding carboxylic acids is 1. The van der Waals surface area contributed by atoms with Crippen molar-refractivity contribution in [2.45, 2.75) is 31.7 Å². The zero-order chi connectivity index (χ0) is 20.3. The van der Waals surface area contributed by atoms with E-state index in [1.165, 1.54) is 31.9 Å². The molecule has 150 valence electrons. The number of carbonyl (C=O) groups is 1. The van der Waals surface area contributed by atoms with Gasteiger partial charge in [0.25, 0.3) is 0 Å². The van der Waals surface area contributed by atoms with Crippen molar-refractivity contribution in [1.82, 2.24) is 5.32 Å². The summed E-state index contributed by atoms with van der Waals surface area (Å²) in [6.45, 7) is 3.15. The van der Waals surface area contributed by atoms with E-state index in [0.29, 0.717) is 11.9 Å². The van der Waals surface area contributed by atoms with E-state index in [4.69, 9.17) is 13.9 Å². The van der Waals surface area contributed by atoms with Crippen molar-refractivity contribution >= 4 is 11.4 Å². The van der Waals surface area contributed by atoms with Crippen molar-refractivity contribution in [2.75, 3.05) is 13.7 Å². The lowest BCUT2D eigenvalue weighted by Gasteiger charge is -2.09. The number of hydrogen-bond donors (Lipinski definition) is 1. The van der Waals surface area contributed by atoms with Gasteiger partial charge in [-0.15, -0.1) is 0 Å². The van der Waals surface area contributed by atoms with Gasteiger partial charge in [0.05, 0.1) is 30.1 Å². The molecule has 4 rings (SSSR count). The van der Waals surface area contributed by atoms with Crippen LogP contribution < -0.4 is 5.32 Å². The van der Waals surface area contributed by atoms with Crippen LogP contribution in [0.3, 0.4) is 0 Å². The van der Waals surface area contributed by atoms with E-state index in [9.17, 15) is 18.0 Å². The summed E-state index contributed by atoms with van der Waals surface area (Å²) in [6.07, 6.45) is -2.26. The summed E-state index contributed by atoms with van der Waals surface area (Å²) in [7, 11) is 1.53. The quantitative estimate of drug-likeness (QED) is 0.781. The SMILES string of the molecule is CCC1CO1.CNC1=C(c2cccc(C(F)(F)F)c2)C(=O)C(c2ccco2)O1. The molecule has 2 aliphatic rings. The fraction of sp³-hybridized carbons (Fsp3) is 0.350. The van der Waals surface area contributed by atoms with E-state index in [-0.39, 0.29) is 17.0 Å². The Morgan fingerprint density at radius 2 is 1.96 bits per heavy atom. The van der Waals surface area contributed by atoms with Gasteiger partial charge >= 0.3 is 6.18 Å². The minimum Gasteiger partial charge on any atom is -0.465 e. The number of furan rings is 1. The number of rotatable bonds is 4. The van der Waals surface area contributed by atoms with Crippen LogP contribution in [-0.2, 0) is 20.4 Å². The average Bonchev–Trinajstić information content (AvgIpc) is 3.25. The molecule has 0 spiro atoms. The van der Waals surface area contributed by atoms with E-state index in [1.54, 1.807) is 12.1 Å². The molecule has 8 heteroatoms. The molecule has 0 bridgehead atoms. The smallest absolute Gasteiger partial charge is 0.416 e. The molecule has 1 saturated heterocycles. The maximum absolute atomic E-state index is 12.9. The molecule has 1 N–H and O–H groups in total. The predicted octanol–water partition coefficient (Wildman–Crippen LogP) is 4.32. The van der Waals surface area contributed by atoms with E-state index in [2.05, 4.69) is 12.2 Å². The number of epoxide rings is 1. The van der Waals surface area contributed by atoms with Gasteiger partial charge in [0.1, 0.15) is 0 Å². The number of benzene rings is 1. The van der Waals surface area contributed by atoms with Crippen molar-refractivity contribution < 1.29 is 31.9 Å². The first-order chi connectivity index (χ1) is 13.3. The van der Waals surface area contributed by atoms with Crippen molar-refractivity contribution in [3.8, 4) is 0 Å². The van der Waals surface area contributed by atoms with Gasteiger partial charge in [-0.25, -0.2) is 0 Å². The Morgan fingerprint density at radius 3 is 2.46 bits per heavy atom. The van der Waals surface area contributed by atoms with Crippen LogP contribution in [0.2, 0.25) is 0 Å². The second kappa shape index (κ2) is 8.10. The van der Waals surface area contributed by atoms with Gasteiger partial charge in [0, 0.05) is 7.05 Å². The summed E-state index contributed by atoms with van der Waals surface area (Å²) in [5.41, 5.74) is -0.615. The van der Waals surface area contributed by atoms with Crippen LogP contribution in [0.5, 0.6) is 0 Å². The average molecular weight is 395 g/mol. The first-order valence-corrected chi connectivity index (χ1v) is 8.80. The van der Waals surface area contributed by atoms with E-state index in [0.717, 1.165) is 18.7 Å². The highest BCUT2D eigenvalue weighted by molar-refractivity contribution is 6.25. The summed E-state index contributed by atoms with van der Waals surface area (Å²) in [4.78, 5) is 12.6. The molecule has 2 aliphatic heterocycles. The fourth-order valence-electron chi connectivity index (χ4n) is 2.71. The molecule has 1 fully saturated rings. The third kappa shape index (κ3) is 4.39. The predicted molar refractivity (Wildman–Crippen MR) is 95.0 cm³/mol. The second-order valence-electron chi connectivity index (χ2n) is 6.27. The van der Waals surface area contributed by atoms with Gasteiger partial charge in [0.15, 0.2) is 11.6 Å². The molecule has 0 amide bonds. The maximum atomic E-state index is 12.9. The highest BCUT2D eigenvalue weighted by atomic mass is 19.4. The Hall–Kier alpha value is -2.74. The van der Waals surface area contributed by atoms with Gasteiger partial charge in [-0.1, -0.05) is 19.1 Å². The Kier molecular flexibility index (Phi) is 5.79. The number of ether oxygens (including phenoxy) is 2. The lowest BCUT2D eigenvalue weighted by atomic mass is 9.98. The highest BCUT2D eigenvalue weighted by Crippen LogP contribution is 2.38. The third-order valence-electron chi connectivity index (χ3n) is 4.31. The normalized spacial score (nSPS) is 21.1. The molecular weight excluding hydrogens is 375 g/mol. The van der Waals surface area contributed by atoms with Crippen molar-refractivity contribution in [3.05, 3.63) is 65.4 Å². The first kappa shape index (κ1) is 20.0. The number of hydrogen-bond acceptors (Lipinski definition) is 5.